The number of nitrogens with one attached hydrogen (secondary N) is 2. The van der Waals surface area contributed by atoms with Gasteiger partial charge in [-0.25, -0.2) is 5.48 Å². The van der Waals surface area contributed by atoms with Crippen molar-refractivity contribution in [2.45, 2.75) is 51.9 Å². The maximum atomic E-state index is 12.2. The van der Waals surface area contributed by atoms with Crippen molar-refractivity contribution in [1.82, 2.24) is 10.8 Å². The predicted molar refractivity (Wildman–Crippen MR) is 78.0 cm³/mol. The molecule has 4 aliphatic rings. The number of carbonyl (C=O) groups excluding carboxylic acids is 2. The number of carbonyl (C=O) groups is 2. The molecule has 0 radical (unpaired) electrons. The van der Waals surface area contributed by atoms with Crippen LogP contribution in [0.5, 0.6) is 0 Å². The third kappa shape index (κ3) is 3.39. The maximum absolute atomic E-state index is 12.2. The lowest BCUT2D eigenvalue weighted by Gasteiger charge is -2.56. The fourth-order valence-electron chi connectivity index (χ4n) is 5.28. The van der Waals surface area contributed by atoms with Gasteiger partial charge in [0.25, 0.3) is 5.91 Å². The Morgan fingerprint density at radius 1 is 1.05 bits per heavy atom. The van der Waals surface area contributed by atoms with Gasteiger partial charge in [-0.05, 0) is 68.6 Å². The van der Waals surface area contributed by atoms with E-state index in [4.69, 9.17) is 4.84 Å². The molecule has 2 N–H and O–H groups in total. The Labute approximate surface area is 126 Å². The van der Waals surface area contributed by atoms with Gasteiger partial charge in [0.15, 0.2) is 0 Å². The summed E-state index contributed by atoms with van der Waals surface area (Å²) in [5.41, 5.74) is 2.52. The predicted octanol–water partition coefficient (Wildman–Crippen LogP) is 1.78. The van der Waals surface area contributed by atoms with Crippen LogP contribution in [0.25, 0.3) is 0 Å². The fourth-order valence-corrected chi connectivity index (χ4v) is 5.28. The van der Waals surface area contributed by atoms with Gasteiger partial charge in [-0.15, -0.1) is 0 Å². The van der Waals surface area contributed by atoms with E-state index in [0.717, 1.165) is 17.8 Å². The minimum atomic E-state index is -0.296. The average molecular weight is 294 g/mol. The highest BCUT2D eigenvalue weighted by Gasteiger charge is 2.51. The molecule has 4 aliphatic carbocycles. The van der Waals surface area contributed by atoms with E-state index in [-0.39, 0.29) is 23.8 Å². The second-order valence-electron chi connectivity index (χ2n) is 7.33. The highest BCUT2D eigenvalue weighted by atomic mass is 16.6. The molecule has 0 aliphatic heterocycles. The van der Waals surface area contributed by atoms with Gasteiger partial charge in [0.05, 0.1) is 13.2 Å². The summed E-state index contributed by atoms with van der Waals surface area (Å²) in [6.45, 7) is 2.23. The molecule has 0 unspecified atom stereocenters. The second kappa shape index (κ2) is 5.95. The molecule has 0 aromatic heterocycles. The zero-order valence-corrected chi connectivity index (χ0v) is 12.8. The first kappa shape index (κ1) is 14.8. The zero-order chi connectivity index (χ0) is 14.9. The van der Waals surface area contributed by atoms with Gasteiger partial charge in [-0.1, -0.05) is 0 Å². The molecule has 4 rings (SSSR count). The van der Waals surface area contributed by atoms with Crippen LogP contribution in [-0.2, 0) is 14.4 Å². The van der Waals surface area contributed by atoms with E-state index in [2.05, 4.69) is 10.8 Å². The lowest BCUT2D eigenvalue weighted by molar-refractivity contribution is -0.136. The van der Waals surface area contributed by atoms with Crippen molar-refractivity contribution in [1.29, 1.82) is 0 Å². The Bertz CT molecular complexity index is 386. The summed E-state index contributed by atoms with van der Waals surface area (Å²) in [6, 6.07) is 0. The largest absolute Gasteiger partial charge is 0.347 e. The molecule has 5 nitrogen and oxygen atoms in total. The lowest BCUT2D eigenvalue weighted by atomic mass is 9.49. The highest BCUT2D eigenvalue weighted by molar-refractivity contribution is 5.84. The quantitative estimate of drug-likeness (QED) is 0.734. The molecule has 0 heterocycles. The maximum Gasteiger partial charge on any atom is 0.262 e. The molecule has 0 spiro atoms. The standard InChI is InChI=1S/C16H26N2O3/c1-2-21-18-15(20)10-17-14(19)9-16-6-11-3-12(7-16)5-13(4-11)8-16/h11-13H,2-10H2,1H3,(H,17,19)(H,18,20). The van der Waals surface area contributed by atoms with Crippen molar-refractivity contribution in [2.75, 3.05) is 13.2 Å². The third-order valence-electron chi connectivity index (χ3n) is 5.48. The summed E-state index contributed by atoms with van der Waals surface area (Å²) in [5.74, 6) is 2.28. The molecule has 0 saturated heterocycles. The highest BCUT2D eigenvalue weighted by Crippen LogP contribution is 2.61. The molecule has 0 aromatic rings. The third-order valence-corrected chi connectivity index (χ3v) is 5.48. The Morgan fingerprint density at radius 3 is 2.14 bits per heavy atom. The monoisotopic (exact) mass is 294 g/mol. The molecule has 0 atom stereocenters. The van der Waals surface area contributed by atoms with Crippen LogP contribution in [0.15, 0.2) is 0 Å². The minimum Gasteiger partial charge on any atom is -0.347 e. The summed E-state index contributed by atoms with van der Waals surface area (Å²) in [4.78, 5) is 28.4. The molecule has 21 heavy (non-hydrogen) atoms. The van der Waals surface area contributed by atoms with Gasteiger partial charge in [0.2, 0.25) is 5.91 Å². The van der Waals surface area contributed by atoms with E-state index in [1.54, 1.807) is 6.92 Å². The Balaban J connectivity index is 1.48. The van der Waals surface area contributed by atoms with E-state index in [1.165, 1.54) is 38.5 Å². The normalized spacial score (nSPS) is 36.5. The first-order valence-corrected chi connectivity index (χ1v) is 8.26. The minimum absolute atomic E-state index is 0.00516. The van der Waals surface area contributed by atoms with Crippen LogP contribution in [-0.4, -0.2) is 25.0 Å². The van der Waals surface area contributed by atoms with Crippen LogP contribution in [0, 0.1) is 23.2 Å². The molecular formula is C16H26N2O3. The van der Waals surface area contributed by atoms with E-state index < -0.39 is 0 Å². The molecule has 2 amide bonds. The van der Waals surface area contributed by atoms with E-state index in [9.17, 15) is 9.59 Å². The Hall–Kier alpha value is -1.10. The van der Waals surface area contributed by atoms with Crippen LogP contribution in [0.3, 0.4) is 0 Å². The van der Waals surface area contributed by atoms with Gasteiger partial charge < -0.3 is 5.32 Å². The number of amides is 2. The molecule has 4 fully saturated rings. The molecule has 5 heteroatoms. The summed E-state index contributed by atoms with van der Waals surface area (Å²) in [5, 5.41) is 2.74. The molecule has 4 bridgehead atoms. The first-order chi connectivity index (χ1) is 10.1. The number of rotatable bonds is 6. The van der Waals surface area contributed by atoms with E-state index >= 15 is 0 Å². The number of hydrogen-bond donors (Lipinski definition) is 2. The zero-order valence-electron chi connectivity index (χ0n) is 12.8. The van der Waals surface area contributed by atoms with Crippen LogP contribution in [0.1, 0.15) is 51.9 Å². The smallest absolute Gasteiger partial charge is 0.262 e. The van der Waals surface area contributed by atoms with Gasteiger partial charge in [0.1, 0.15) is 0 Å². The van der Waals surface area contributed by atoms with E-state index in [0.29, 0.717) is 13.0 Å². The summed E-state index contributed by atoms with van der Waals surface area (Å²) in [6.07, 6.45) is 8.41. The van der Waals surface area contributed by atoms with Crippen molar-refractivity contribution >= 4 is 11.8 Å². The number of hydrogen-bond acceptors (Lipinski definition) is 3. The first-order valence-electron chi connectivity index (χ1n) is 8.26. The summed E-state index contributed by atoms with van der Waals surface area (Å²) >= 11 is 0. The SMILES string of the molecule is CCONC(=O)CNC(=O)CC12CC3CC(CC(C3)C1)C2. The fraction of sp³-hybridized carbons (Fsp3) is 0.875. The topological polar surface area (TPSA) is 67.4 Å². The van der Waals surface area contributed by atoms with Crippen molar-refractivity contribution in [3.8, 4) is 0 Å². The van der Waals surface area contributed by atoms with Gasteiger partial charge >= 0.3 is 0 Å². The van der Waals surface area contributed by atoms with Crippen molar-refractivity contribution < 1.29 is 14.4 Å². The van der Waals surface area contributed by atoms with Crippen LogP contribution in [0.2, 0.25) is 0 Å². The van der Waals surface area contributed by atoms with Gasteiger partial charge in [-0.2, -0.15) is 0 Å². The van der Waals surface area contributed by atoms with Crippen LogP contribution >= 0.6 is 0 Å². The van der Waals surface area contributed by atoms with Gasteiger partial charge in [-0.3, -0.25) is 14.4 Å². The molecular weight excluding hydrogens is 268 g/mol. The molecule has 0 aromatic carbocycles. The molecule has 4 saturated carbocycles. The Morgan fingerprint density at radius 2 is 1.62 bits per heavy atom. The summed E-state index contributed by atoms with van der Waals surface area (Å²) < 4.78 is 0. The average Bonchev–Trinajstić information content (AvgIpc) is 2.40. The second-order valence-corrected chi connectivity index (χ2v) is 7.33. The molecule has 118 valence electrons. The van der Waals surface area contributed by atoms with E-state index in [1.807, 2.05) is 0 Å². The van der Waals surface area contributed by atoms with Crippen molar-refractivity contribution in [3.63, 3.8) is 0 Å². The van der Waals surface area contributed by atoms with Crippen LogP contribution < -0.4 is 10.8 Å². The van der Waals surface area contributed by atoms with Crippen molar-refractivity contribution in [2.24, 2.45) is 23.2 Å². The van der Waals surface area contributed by atoms with Gasteiger partial charge in [0, 0.05) is 6.42 Å². The summed E-state index contributed by atoms with van der Waals surface area (Å²) in [7, 11) is 0. The lowest BCUT2D eigenvalue weighted by Crippen LogP contribution is -2.48. The van der Waals surface area contributed by atoms with Crippen molar-refractivity contribution in [3.05, 3.63) is 0 Å². The Kier molecular flexibility index (Phi) is 4.20. The van der Waals surface area contributed by atoms with Crippen LogP contribution in [0.4, 0.5) is 0 Å². The number of hydroxylamine groups is 1.